The number of hydrogen-bond donors (Lipinski definition) is 4. The average Bonchev–Trinajstić information content (AvgIpc) is 2.73. The minimum Gasteiger partial charge on any atom is -0.493 e. The van der Waals surface area contributed by atoms with Crippen LogP contribution in [0.15, 0.2) is 17.0 Å². The first kappa shape index (κ1) is 32.4. The molecule has 0 saturated carbocycles. The van der Waals surface area contributed by atoms with Gasteiger partial charge in [-0.1, -0.05) is 0 Å². The quantitative estimate of drug-likeness (QED) is 0.285. The van der Waals surface area contributed by atoms with Crippen molar-refractivity contribution in [2.45, 2.75) is 12.5 Å². The molecular weight excluding hydrogens is 462 g/mol. The zero-order valence-electron chi connectivity index (χ0n) is 18.3. The third-order valence-corrected chi connectivity index (χ3v) is 5.76. The molecule has 2 rings (SSSR count). The number of nitrogens with one attached hydrogen (secondary N) is 1. The highest BCUT2D eigenvalue weighted by Gasteiger charge is 2.22. The summed E-state index contributed by atoms with van der Waals surface area (Å²) < 4.78 is 10.8. The molecule has 10 nitrogen and oxygen atoms in total. The van der Waals surface area contributed by atoms with E-state index in [2.05, 4.69) is 11.4 Å². The van der Waals surface area contributed by atoms with Crippen LogP contribution in [0.5, 0.6) is 11.5 Å². The van der Waals surface area contributed by atoms with Gasteiger partial charge in [-0.15, -0.1) is 24.2 Å². The Labute approximate surface area is 198 Å². The van der Waals surface area contributed by atoms with E-state index in [-0.39, 0.29) is 36.6 Å². The zero-order chi connectivity index (χ0) is 21.2. The highest BCUT2D eigenvalue weighted by atomic mass is 35.5. The molecule has 1 aliphatic heterocycles. The van der Waals surface area contributed by atoms with Crippen LogP contribution >= 0.6 is 24.2 Å². The Hall–Kier alpha value is -1.75. The van der Waals surface area contributed by atoms with Gasteiger partial charge < -0.3 is 41.1 Å². The summed E-state index contributed by atoms with van der Waals surface area (Å²) in [6, 6.07) is 6.05. The molecule has 1 unspecified atom stereocenters. The Morgan fingerprint density at radius 3 is 2.31 bits per heavy atom. The van der Waals surface area contributed by atoms with Crippen LogP contribution in [0, 0.1) is 11.3 Å². The second-order valence-corrected chi connectivity index (χ2v) is 7.60. The Kier molecular flexibility index (Phi) is 17.0. The van der Waals surface area contributed by atoms with Crippen molar-refractivity contribution in [1.82, 2.24) is 10.2 Å². The van der Waals surface area contributed by atoms with Crippen molar-refractivity contribution in [3.8, 4) is 17.6 Å². The summed E-state index contributed by atoms with van der Waals surface area (Å²) in [4.78, 5) is 2.28. The van der Waals surface area contributed by atoms with E-state index >= 15 is 0 Å². The van der Waals surface area contributed by atoms with Gasteiger partial charge in [0.2, 0.25) is 0 Å². The van der Waals surface area contributed by atoms with E-state index < -0.39 is 6.10 Å². The van der Waals surface area contributed by atoms with Crippen LogP contribution in [-0.2, 0) is 6.42 Å². The van der Waals surface area contributed by atoms with Gasteiger partial charge in [-0.25, -0.2) is 0 Å². The van der Waals surface area contributed by atoms with Crippen molar-refractivity contribution < 1.29 is 35.7 Å². The largest absolute Gasteiger partial charge is 0.493 e. The summed E-state index contributed by atoms with van der Waals surface area (Å²) in [6.07, 6.45) is 0.109. The number of benzene rings is 1. The number of methoxy groups -OCH3 is 2. The number of rotatable bonds is 11. The average molecular weight is 496 g/mol. The number of nitrogens with zero attached hydrogens (tertiary/aromatic N) is 2. The molecule has 0 spiro atoms. The van der Waals surface area contributed by atoms with Gasteiger partial charge in [-0.3, -0.25) is 4.90 Å². The predicted octanol–water partition coefficient (Wildman–Crippen LogP) is -0.805. The first-order valence-corrected chi connectivity index (χ1v) is 10.4. The van der Waals surface area contributed by atoms with Gasteiger partial charge in [0.15, 0.2) is 11.5 Å². The lowest BCUT2D eigenvalue weighted by Crippen LogP contribution is -2.37. The minimum atomic E-state index is -0.699. The van der Waals surface area contributed by atoms with Gasteiger partial charge in [0.1, 0.15) is 11.0 Å². The fourth-order valence-electron chi connectivity index (χ4n) is 3.25. The Morgan fingerprint density at radius 1 is 1.19 bits per heavy atom. The maximum Gasteiger partial charge on any atom is 0.161 e. The molecule has 8 N–H and O–H groups in total. The van der Waals surface area contributed by atoms with Gasteiger partial charge in [0, 0.05) is 37.5 Å². The highest BCUT2D eigenvalue weighted by Crippen LogP contribution is 2.37. The second kappa shape index (κ2) is 16.8. The zero-order valence-corrected chi connectivity index (χ0v) is 19.9. The van der Waals surface area contributed by atoms with Crippen molar-refractivity contribution in [3.05, 3.63) is 28.2 Å². The lowest BCUT2D eigenvalue weighted by atomic mass is 9.97. The predicted molar refractivity (Wildman–Crippen MR) is 127 cm³/mol. The lowest BCUT2D eigenvalue weighted by Gasteiger charge is -2.25. The van der Waals surface area contributed by atoms with E-state index in [4.69, 9.17) is 19.7 Å². The highest BCUT2D eigenvalue weighted by molar-refractivity contribution is 8.03. The van der Waals surface area contributed by atoms with Crippen molar-refractivity contribution in [2.24, 2.45) is 0 Å². The molecule has 1 aromatic carbocycles. The van der Waals surface area contributed by atoms with Crippen LogP contribution < -0.4 is 14.8 Å². The molecule has 12 heteroatoms. The molecule has 1 aliphatic rings. The third-order valence-electron chi connectivity index (χ3n) is 4.62. The summed E-state index contributed by atoms with van der Waals surface area (Å²) in [5.74, 6) is 1.57. The van der Waals surface area contributed by atoms with Crippen LogP contribution in [0.4, 0.5) is 0 Å². The summed E-state index contributed by atoms with van der Waals surface area (Å²) in [5.41, 5.74) is 2.70. The van der Waals surface area contributed by atoms with Gasteiger partial charge in [0.25, 0.3) is 0 Å². The van der Waals surface area contributed by atoms with Crippen molar-refractivity contribution in [2.75, 3.05) is 59.4 Å². The van der Waals surface area contributed by atoms with Gasteiger partial charge in [0.05, 0.1) is 39.2 Å². The summed E-state index contributed by atoms with van der Waals surface area (Å²) >= 11 is 1.28. The molecule has 1 heterocycles. The maximum atomic E-state index is 10.3. The topological polar surface area (TPSA) is 181 Å². The first-order chi connectivity index (χ1) is 14.1. The number of ether oxygens (including phenoxy) is 2. The molecule has 1 aromatic rings. The second-order valence-electron chi connectivity index (χ2n) is 6.57. The Bertz CT molecular complexity index is 755. The van der Waals surface area contributed by atoms with Gasteiger partial charge >= 0.3 is 0 Å². The first-order valence-electron chi connectivity index (χ1n) is 9.46. The van der Waals surface area contributed by atoms with E-state index in [1.165, 1.54) is 11.8 Å². The van der Waals surface area contributed by atoms with Crippen LogP contribution in [-0.4, -0.2) is 96.6 Å². The van der Waals surface area contributed by atoms with Gasteiger partial charge in [-0.2, -0.15) is 5.26 Å². The SMILES string of the molecule is COc1cc2c(cc1OC)C(=C(C#N)SCC(O)CN(CCO)CCO)NCC2.Cl.O.O. The Balaban J connectivity index is 0. The molecule has 0 aromatic heterocycles. The molecule has 0 fully saturated rings. The summed E-state index contributed by atoms with van der Waals surface area (Å²) in [7, 11) is 3.17. The molecule has 0 bridgehead atoms. The molecule has 0 aliphatic carbocycles. The fourth-order valence-corrected chi connectivity index (χ4v) is 4.10. The van der Waals surface area contributed by atoms with Crippen LogP contribution in [0.2, 0.25) is 0 Å². The number of halogens is 1. The maximum absolute atomic E-state index is 10.3. The fraction of sp³-hybridized carbons (Fsp3) is 0.550. The smallest absolute Gasteiger partial charge is 0.161 e. The van der Waals surface area contributed by atoms with E-state index in [0.717, 1.165) is 23.2 Å². The van der Waals surface area contributed by atoms with E-state index in [1.54, 1.807) is 19.1 Å². The van der Waals surface area contributed by atoms with E-state index in [0.29, 0.717) is 48.3 Å². The molecule has 1 atom stereocenters. The third kappa shape index (κ3) is 8.65. The molecule has 0 radical (unpaired) electrons. The number of nitriles is 1. The normalized spacial score (nSPS) is 14.4. The standard InChI is InChI=1S/C20H29N3O5S.ClH.2H2O/c1-27-17-9-14-3-4-22-20(16(14)10-18(17)28-2)19(11-21)29-13-15(26)12-23(5-7-24)6-8-25;;;/h9-10,15,22,24-26H,3-8,12-13H2,1-2H3;1H;2*1H2. The van der Waals surface area contributed by atoms with Crippen LogP contribution in [0.1, 0.15) is 11.1 Å². The summed E-state index contributed by atoms with van der Waals surface area (Å²) in [6.45, 7) is 1.69. The number of fused-ring (bicyclic) bond motifs is 1. The number of aliphatic hydroxyl groups excluding tert-OH is 3. The van der Waals surface area contributed by atoms with Crippen molar-refractivity contribution in [3.63, 3.8) is 0 Å². The number of aliphatic hydroxyl groups is 3. The number of thioether (sulfide) groups is 1. The monoisotopic (exact) mass is 495 g/mol. The molecule has 0 saturated heterocycles. The molecule has 184 valence electrons. The lowest BCUT2D eigenvalue weighted by molar-refractivity contribution is 0.0995. The summed E-state index contributed by atoms with van der Waals surface area (Å²) in [5, 5.41) is 41.5. The number of hydrogen-bond acceptors (Lipinski definition) is 9. The van der Waals surface area contributed by atoms with Crippen LogP contribution in [0.3, 0.4) is 0 Å². The van der Waals surface area contributed by atoms with E-state index in [9.17, 15) is 10.4 Å². The molecular formula is C20H34ClN3O7S. The van der Waals surface area contributed by atoms with Crippen molar-refractivity contribution >= 4 is 29.9 Å². The minimum absolute atomic E-state index is 0. The Morgan fingerprint density at radius 2 is 1.78 bits per heavy atom. The van der Waals surface area contributed by atoms with Crippen LogP contribution in [0.25, 0.3) is 5.70 Å². The van der Waals surface area contributed by atoms with Crippen molar-refractivity contribution in [1.29, 1.82) is 5.26 Å². The number of allylic oxidation sites excluding steroid dienone is 1. The molecule has 32 heavy (non-hydrogen) atoms. The van der Waals surface area contributed by atoms with E-state index in [1.807, 2.05) is 12.1 Å². The van der Waals surface area contributed by atoms with Gasteiger partial charge in [-0.05, 0) is 24.1 Å². The molecule has 0 amide bonds.